The Morgan fingerprint density at radius 2 is 2.18 bits per heavy atom. The number of hydrogen-bond acceptors (Lipinski definition) is 3. The van der Waals surface area contributed by atoms with Crippen LogP contribution in [0.2, 0.25) is 0 Å². The summed E-state index contributed by atoms with van der Waals surface area (Å²) >= 11 is 0. The molecular formula is C14H16O3. The number of ketones is 2. The van der Waals surface area contributed by atoms with E-state index in [4.69, 9.17) is 4.74 Å². The van der Waals surface area contributed by atoms with Crippen molar-refractivity contribution >= 4 is 11.6 Å². The van der Waals surface area contributed by atoms with Gasteiger partial charge in [-0.3, -0.25) is 9.59 Å². The maximum Gasteiger partial charge on any atom is 0.170 e. The fourth-order valence-electron chi connectivity index (χ4n) is 2.27. The highest BCUT2D eigenvalue weighted by Gasteiger charge is 2.30. The van der Waals surface area contributed by atoms with Gasteiger partial charge in [-0.2, -0.15) is 0 Å². The number of aryl methyl sites for hydroxylation is 1. The van der Waals surface area contributed by atoms with E-state index in [0.717, 1.165) is 5.56 Å². The van der Waals surface area contributed by atoms with Crippen molar-refractivity contribution in [1.29, 1.82) is 0 Å². The Labute approximate surface area is 101 Å². The molecule has 0 radical (unpaired) electrons. The fourth-order valence-corrected chi connectivity index (χ4v) is 2.27. The van der Waals surface area contributed by atoms with Crippen LogP contribution in [0.3, 0.4) is 0 Å². The van der Waals surface area contributed by atoms with Crippen molar-refractivity contribution in [2.75, 3.05) is 7.11 Å². The normalized spacial score (nSPS) is 19.4. The molecule has 1 fully saturated rings. The Morgan fingerprint density at radius 3 is 2.76 bits per heavy atom. The summed E-state index contributed by atoms with van der Waals surface area (Å²) in [6.07, 6.45) is 1.59. The largest absolute Gasteiger partial charge is 0.496 e. The SMILES string of the molecule is COc1ccc(C)cc1C(=O)C1CCC(=O)C1. The van der Waals surface area contributed by atoms with Crippen LogP contribution in [0.25, 0.3) is 0 Å². The summed E-state index contributed by atoms with van der Waals surface area (Å²) in [7, 11) is 1.56. The second-order valence-corrected chi connectivity index (χ2v) is 4.55. The topological polar surface area (TPSA) is 43.4 Å². The second-order valence-electron chi connectivity index (χ2n) is 4.55. The Balaban J connectivity index is 2.29. The summed E-state index contributed by atoms with van der Waals surface area (Å²) in [5, 5.41) is 0. The van der Waals surface area contributed by atoms with E-state index in [-0.39, 0.29) is 17.5 Å². The smallest absolute Gasteiger partial charge is 0.170 e. The third-order valence-electron chi connectivity index (χ3n) is 3.24. The first-order valence-corrected chi connectivity index (χ1v) is 5.82. The third kappa shape index (κ3) is 2.38. The molecule has 1 saturated carbocycles. The van der Waals surface area contributed by atoms with E-state index >= 15 is 0 Å². The highest BCUT2D eigenvalue weighted by atomic mass is 16.5. The van der Waals surface area contributed by atoms with Crippen LogP contribution in [0.1, 0.15) is 35.2 Å². The van der Waals surface area contributed by atoms with Crippen molar-refractivity contribution in [3.8, 4) is 5.75 Å². The van der Waals surface area contributed by atoms with Crippen LogP contribution >= 0.6 is 0 Å². The summed E-state index contributed by atoms with van der Waals surface area (Å²) in [5.41, 5.74) is 1.63. The quantitative estimate of drug-likeness (QED) is 0.752. The second kappa shape index (κ2) is 4.70. The van der Waals surface area contributed by atoms with Crippen LogP contribution in [0, 0.1) is 12.8 Å². The molecule has 17 heavy (non-hydrogen) atoms. The Morgan fingerprint density at radius 1 is 1.41 bits per heavy atom. The van der Waals surface area contributed by atoms with Gasteiger partial charge in [0.1, 0.15) is 11.5 Å². The maximum atomic E-state index is 12.3. The average molecular weight is 232 g/mol. The molecule has 0 amide bonds. The van der Waals surface area contributed by atoms with Crippen molar-refractivity contribution in [2.24, 2.45) is 5.92 Å². The summed E-state index contributed by atoms with van der Waals surface area (Å²) < 4.78 is 5.20. The van der Waals surface area contributed by atoms with Gasteiger partial charge in [0.2, 0.25) is 0 Å². The summed E-state index contributed by atoms with van der Waals surface area (Å²) in [6, 6.07) is 5.55. The predicted octanol–water partition coefficient (Wildman–Crippen LogP) is 2.56. The van der Waals surface area contributed by atoms with Gasteiger partial charge in [0.05, 0.1) is 12.7 Å². The van der Waals surface area contributed by atoms with Gasteiger partial charge in [-0.1, -0.05) is 11.6 Å². The standard InChI is InChI=1S/C14H16O3/c1-9-3-6-13(17-2)12(7-9)14(16)10-4-5-11(15)8-10/h3,6-7,10H,4-5,8H2,1-2H3. The lowest BCUT2D eigenvalue weighted by molar-refractivity contribution is -0.117. The van der Waals surface area contributed by atoms with Gasteiger partial charge in [-0.25, -0.2) is 0 Å². The number of ether oxygens (including phenoxy) is 1. The Hall–Kier alpha value is -1.64. The summed E-state index contributed by atoms with van der Waals surface area (Å²) in [4.78, 5) is 23.5. The molecule has 1 unspecified atom stereocenters. The molecule has 0 bridgehead atoms. The van der Waals surface area contributed by atoms with Gasteiger partial charge in [0, 0.05) is 18.8 Å². The molecule has 1 aliphatic carbocycles. The number of rotatable bonds is 3. The van der Waals surface area contributed by atoms with Gasteiger partial charge < -0.3 is 4.74 Å². The lowest BCUT2D eigenvalue weighted by atomic mass is 9.94. The minimum atomic E-state index is -0.154. The average Bonchev–Trinajstić information content (AvgIpc) is 2.75. The number of methoxy groups -OCH3 is 1. The summed E-state index contributed by atoms with van der Waals surface area (Å²) in [6.45, 7) is 1.94. The highest BCUT2D eigenvalue weighted by molar-refractivity contribution is 6.03. The zero-order chi connectivity index (χ0) is 12.4. The molecule has 0 aromatic heterocycles. The Kier molecular flexibility index (Phi) is 3.27. The molecule has 1 aromatic rings. The molecule has 2 rings (SSSR count). The lowest BCUT2D eigenvalue weighted by Crippen LogP contribution is -2.13. The van der Waals surface area contributed by atoms with Gasteiger partial charge >= 0.3 is 0 Å². The number of carbonyl (C=O) groups is 2. The predicted molar refractivity (Wildman–Crippen MR) is 64.4 cm³/mol. The van der Waals surface area contributed by atoms with E-state index in [2.05, 4.69) is 0 Å². The monoisotopic (exact) mass is 232 g/mol. The zero-order valence-electron chi connectivity index (χ0n) is 10.2. The van der Waals surface area contributed by atoms with Crippen LogP contribution in [0.5, 0.6) is 5.75 Å². The number of Topliss-reactive ketones (excluding diaryl/α,β-unsaturated/α-hetero) is 2. The van der Waals surface area contributed by atoms with Gasteiger partial charge in [0.25, 0.3) is 0 Å². The molecule has 0 N–H and O–H groups in total. The molecule has 0 spiro atoms. The molecule has 3 nitrogen and oxygen atoms in total. The van der Waals surface area contributed by atoms with Crippen LogP contribution in [0.15, 0.2) is 18.2 Å². The molecule has 1 atom stereocenters. The summed E-state index contributed by atoms with van der Waals surface area (Å²) in [5.74, 6) is 0.671. The van der Waals surface area contributed by atoms with E-state index in [0.29, 0.717) is 30.6 Å². The van der Waals surface area contributed by atoms with E-state index in [1.165, 1.54) is 0 Å². The maximum absolute atomic E-state index is 12.3. The van der Waals surface area contributed by atoms with Gasteiger partial charge in [-0.15, -0.1) is 0 Å². The molecule has 0 aliphatic heterocycles. The molecule has 3 heteroatoms. The molecule has 90 valence electrons. The van der Waals surface area contributed by atoms with Crippen molar-refractivity contribution in [1.82, 2.24) is 0 Å². The van der Waals surface area contributed by atoms with Crippen LogP contribution in [-0.4, -0.2) is 18.7 Å². The number of carbonyl (C=O) groups excluding carboxylic acids is 2. The molecule has 0 saturated heterocycles. The number of hydrogen-bond donors (Lipinski definition) is 0. The van der Waals surface area contributed by atoms with Crippen molar-refractivity contribution < 1.29 is 14.3 Å². The van der Waals surface area contributed by atoms with E-state index in [9.17, 15) is 9.59 Å². The van der Waals surface area contributed by atoms with Crippen molar-refractivity contribution in [3.63, 3.8) is 0 Å². The molecular weight excluding hydrogens is 216 g/mol. The van der Waals surface area contributed by atoms with E-state index < -0.39 is 0 Å². The van der Waals surface area contributed by atoms with Gasteiger partial charge in [0.15, 0.2) is 5.78 Å². The van der Waals surface area contributed by atoms with Crippen LogP contribution in [0.4, 0.5) is 0 Å². The molecule has 0 heterocycles. The van der Waals surface area contributed by atoms with Gasteiger partial charge in [-0.05, 0) is 25.5 Å². The zero-order valence-corrected chi connectivity index (χ0v) is 10.2. The van der Waals surface area contributed by atoms with Crippen LogP contribution in [-0.2, 0) is 4.79 Å². The third-order valence-corrected chi connectivity index (χ3v) is 3.24. The molecule has 1 aliphatic rings. The first-order chi connectivity index (χ1) is 8.11. The Bertz CT molecular complexity index is 463. The van der Waals surface area contributed by atoms with Crippen LogP contribution < -0.4 is 4.74 Å². The molecule has 1 aromatic carbocycles. The van der Waals surface area contributed by atoms with Crippen molar-refractivity contribution in [3.05, 3.63) is 29.3 Å². The first kappa shape index (κ1) is 11.8. The minimum Gasteiger partial charge on any atom is -0.496 e. The minimum absolute atomic E-state index is 0.0383. The van der Waals surface area contributed by atoms with E-state index in [1.807, 2.05) is 19.1 Å². The fraction of sp³-hybridized carbons (Fsp3) is 0.429. The highest BCUT2D eigenvalue weighted by Crippen LogP contribution is 2.30. The van der Waals surface area contributed by atoms with Crippen molar-refractivity contribution in [2.45, 2.75) is 26.2 Å². The first-order valence-electron chi connectivity index (χ1n) is 5.82. The van der Waals surface area contributed by atoms with E-state index in [1.54, 1.807) is 13.2 Å². The number of benzene rings is 1. The lowest BCUT2D eigenvalue weighted by Gasteiger charge is -2.12.